The maximum atomic E-state index is 9.68. The van der Waals surface area contributed by atoms with Crippen LogP contribution in [-0.2, 0) is 0 Å². The number of hydrogen-bond acceptors (Lipinski definition) is 2. The normalized spacial score (nSPS) is 26.7. The van der Waals surface area contributed by atoms with Crippen molar-refractivity contribution in [1.29, 1.82) is 0 Å². The quantitative estimate of drug-likeness (QED) is 0.806. The summed E-state index contributed by atoms with van der Waals surface area (Å²) in [7, 11) is 0. The summed E-state index contributed by atoms with van der Waals surface area (Å²) in [6.45, 7) is 2.10. The van der Waals surface area contributed by atoms with Crippen molar-refractivity contribution >= 4 is 11.8 Å². The van der Waals surface area contributed by atoms with Gasteiger partial charge in [0.1, 0.15) is 0 Å². The predicted molar refractivity (Wildman–Crippen MR) is 60.7 cm³/mol. The Morgan fingerprint density at radius 3 is 2.50 bits per heavy atom. The summed E-state index contributed by atoms with van der Waals surface area (Å²) in [5.74, 6) is 0. The lowest BCUT2D eigenvalue weighted by atomic mass is 10.2. The van der Waals surface area contributed by atoms with Gasteiger partial charge in [-0.3, -0.25) is 0 Å². The number of aliphatic hydroxyl groups excluding tert-OH is 1. The molecule has 2 atom stereocenters. The van der Waals surface area contributed by atoms with Gasteiger partial charge in [-0.1, -0.05) is 17.7 Å². The van der Waals surface area contributed by atoms with E-state index in [-0.39, 0.29) is 6.10 Å². The Balaban J connectivity index is 2.00. The summed E-state index contributed by atoms with van der Waals surface area (Å²) in [4.78, 5) is 1.28. The first-order valence-electron chi connectivity index (χ1n) is 5.17. The molecule has 2 rings (SSSR count). The van der Waals surface area contributed by atoms with E-state index in [1.807, 2.05) is 11.8 Å². The Hall–Kier alpha value is -0.470. The Bertz CT molecular complexity index is 294. The maximum absolute atomic E-state index is 9.68. The van der Waals surface area contributed by atoms with Crippen molar-refractivity contribution in [3.8, 4) is 0 Å². The molecule has 0 spiro atoms. The van der Waals surface area contributed by atoms with Crippen LogP contribution in [0.2, 0.25) is 0 Å². The minimum atomic E-state index is -0.0960. The van der Waals surface area contributed by atoms with Crippen molar-refractivity contribution < 1.29 is 5.11 Å². The van der Waals surface area contributed by atoms with Gasteiger partial charge in [0, 0.05) is 10.1 Å². The van der Waals surface area contributed by atoms with Crippen LogP contribution in [0.15, 0.2) is 29.2 Å². The van der Waals surface area contributed by atoms with Gasteiger partial charge in [-0.15, -0.1) is 11.8 Å². The van der Waals surface area contributed by atoms with Gasteiger partial charge >= 0.3 is 0 Å². The van der Waals surface area contributed by atoms with Crippen LogP contribution in [0.25, 0.3) is 0 Å². The zero-order valence-electron chi connectivity index (χ0n) is 8.44. The predicted octanol–water partition coefficient (Wildman–Crippen LogP) is 3.00. The number of aliphatic hydroxyl groups is 1. The fourth-order valence-corrected chi connectivity index (χ4v) is 3.06. The molecule has 0 bridgehead atoms. The molecule has 0 aromatic heterocycles. The van der Waals surface area contributed by atoms with E-state index in [9.17, 15) is 5.11 Å². The smallest absolute Gasteiger partial charge is 0.0662 e. The highest BCUT2D eigenvalue weighted by atomic mass is 32.2. The Kier molecular flexibility index (Phi) is 3.14. The van der Waals surface area contributed by atoms with E-state index in [1.54, 1.807) is 0 Å². The van der Waals surface area contributed by atoms with Gasteiger partial charge in [-0.05, 0) is 38.3 Å². The molecule has 1 aliphatic rings. The van der Waals surface area contributed by atoms with Crippen LogP contribution in [0.4, 0.5) is 0 Å². The van der Waals surface area contributed by atoms with Crippen LogP contribution < -0.4 is 0 Å². The molecule has 0 radical (unpaired) electrons. The third kappa shape index (κ3) is 2.31. The van der Waals surface area contributed by atoms with Crippen LogP contribution in [-0.4, -0.2) is 16.5 Å². The largest absolute Gasteiger partial charge is 0.392 e. The lowest BCUT2D eigenvalue weighted by molar-refractivity contribution is 0.188. The second-order valence-corrected chi connectivity index (χ2v) is 5.28. The van der Waals surface area contributed by atoms with E-state index in [1.165, 1.54) is 16.9 Å². The van der Waals surface area contributed by atoms with Gasteiger partial charge in [0.05, 0.1) is 6.10 Å². The molecule has 1 N–H and O–H groups in total. The fraction of sp³-hybridized carbons (Fsp3) is 0.500. The molecule has 1 nitrogen and oxygen atoms in total. The summed E-state index contributed by atoms with van der Waals surface area (Å²) in [6, 6.07) is 8.55. The number of rotatable bonds is 2. The molecular formula is C12H16OS. The van der Waals surface area contributed by atoms with Gasteiger partial charge in [0.15, 0.2) is 0 Å². The van der Waals surface area contributed by atoms with Crippen LogP contribution in [0.3, 0.4) is 0 Å². The Labute approximate surface area is 89.5 Å². The highest BCUT2D eigenvalue weighted by Crippen LogP contribution is 2.34. The van der Waals surface area contributed by atoms with Gasteiger partial charge in [0.2, 0.25) is 0 Å². The summed E-state index contributed by atoms with van der Waals surface area (Å²) < 4.78 is 0. The van der Waals surface area contributed by atoms with Crippen LogP contribution >= 0.6 is 11.8 Å². The average Bonchev–Trinajstić information content (AvgIpc) is 2.56. The Morgan fingerprint density at radius 1 is 1.21 bits per heavy atom. The molecule has 0 heterocycles. The van der Waals surface area contributed by atoms with E-state index in [0.717, 1.165) is 12.8 Å². The van der Waals surface area contributed by atoms with Crippen molar-refractivity contribution in [3.63, 3.8) is 0 Å². The first-order chi connectivity index (χ1) is 6.75. The standard InChI is InChI=1S/C12H16OS/c1-9-5-7-10(8-6-9)14-12-4-2-3-11(12)13/h5-8,11-13H,2-4H2,1H3/t11-,12-/m0/s1. The van der Waals surface area contributed by atoms with Gasteiger partial charge in [-0.25, -0.2) is 0 Å². The van der Waals surface area contributed by atoms with Crippen LogP contribution in [0, 0.1) is 6.92 Å². The topological polar surface area (TPSA) is 20.2 Å². The molecule has 1 aliphatic carbocycles. The third-order valence-electron chi connectivity index (χ3n) is 2.73. The minimum Gasteiger partial charge on any atom is -0.392 e. The summed E-state index contributed by atoms with van der Waals surface area (Å²) in [5.41, 5.74) is 1.29. The van der Waals surface area contributed by atoms with Gasteiger partial charge in [-0.2, -0.15) is 0 Å². The van der Waals surface area contributed by atoms with E-state index >= 15 is 0 Å². The molecule has 1 aromatic rings. The molecule has 1 aromatic carbocycles. The lowest BCUT2D eigenvalue weighted by Crippen LogP contribution is -2.14. The number of aryl methyl sites for hydroxylation is 1. The first kappa shape index (κ1) is 10.1. The molecule has 1 fully saturated rings. The summed E-state index contributed by atoms with van der Waals surface area (Å²) in [5, 5.41) is 10.1. The van der Waals surface area contributed by atoms with Crippen molar-refractivity contribution in [2.24, 2.45) is 0 Å². The molecule has 14 heavy (non-hydrogen) atoms. The number of benzene rings is 1. The lowest BCUT2D eigenvalue weighted by Gasteiger charge is -2.13. The zero-order valence-corrected chi connectivity index (χ0v) is 9.26. The molecule has 76 valence electrons. The number of thioether (sulfide) groups is 1. The first-order valence-corrected chi connectivity index (χ1v) is 6.05. The molecule has 0 unspecified atom stereocenters. The highest BCUT2D eigenvalue weighted by molar-refractivity contribution is 8.00. The monoisotopic (exact) mass is 208 g/mol. The van der Waals surface area contributed by atoms with Crippen LogP contribution in [0.5, 0.6) is 0 Å². The van der Waals surface area contributed by atoms with E-state index < -0.39 is 0 Å². The van der Waals surface area contributed by atoms with E-state index in [0.29, 0.717) is 5.25 Å². The van der Waals surface area contributed by atoms with Crippen molar-refractivity contribution in [2.45, 2.75) is 42.4 Å². The number of hydrogen-bond donors (Lipinski definition) is 1. The zero-order chi connectivity index (χ0) is 9.97. The minimum absolute atomic E-state index is 0.0960. The summed E-state index contributed by atoms with van der Waals surface area (Å²) in [6.07, 6.45) is 3.20. The fourth-order valence-electron chi connectivity index (χ4n) is 1.84. The maximum Gasteiger partial charge on any atom is 0.0662 e. The third-order valence-corrected chi connectivity index (χ3v) is 4.12. The second kappa shape index (κ2) is 4.37. The SMILES string of the molecule is Cc1ccc(S[C@H]2CCC[C@@H]2O)cc1. The Morgan fingerprint density at radius 2 is 1.93 bits per heavy atom. The average molecular weight is 208 g/mol. The molecule has 0 amide bonds. The molecule has 0 aliphatic heterocycles. The van der Waals surface area contributed by atoms with Crippen molar-refractivity contribution in [2.75, 3.05) is 0 Å². The molecule has 1 saturated carbocycles. The van der Waals surface area contributed by atoms with Gasteiger partial charge < -0.3 is 5.11 Å². The van der Waals surface area contributed by atoms with E-state index in [4.69, 9.17) is 0 Å². The summed E-state index contributed by atoms with van der Waals surface area (Å²) >= 11 is 1.82. The molecule has 0 saturated heterocycles. The highest BCUT2D eigenvalue weighted by Gasteiger charge is 2.25. The molecule has 2 heteroatoms. The van der Waals surface area contributed by atoms with Crippen molar-refractivity contribution in [3.05, 3.63) is 29.8 Å². The van der Waals surface area contributed by atoms with E-state index in [2.05, 4.69) is 31.2 Å². The second-order valence-electron chi connectivity index (χ2n) is 3.97. The van der Waals surface area contributed by atoms with Gasteiger partial charge in [0.25, 0.3) is 0 Å². The van der Waals surface area contributed by atoms with Crippen LogP contribution in [0.1, 0.15) is 24.8 Å². The molecular weight excluding hydrogens is 192 g/mol. The van der Waals surface area contributed by atoms with Crippen molar-refractivity contribution in [1.82, 2.24) is 0 Å².